The van der Waals surface area contributed by atoms with Crippen molar-refractivity contribution in [1.29, 1.82) is 0 Å². The third kappa shape index (κ3) is 4.74. The Morgan fingerprint density at radius 3 is 2.33 bits per heavy atom. The normalized spacial score (nSPS) is 11.8. The molecule has 0 aliphatic carbocycles. The largest absolute Gasteiger partial charge is 0.322 e. The van der Waals surface area contributed by atoms with Crippen LogP contribution >= 0.6 is 10.8 Å². The summed E-state index contributed by atoms with van der Waals surface area (Å²) in [5.41, 5.74) is 0. The average Bonchev–Trinajstić information content (AvgIpc) is 1.64. The van der Waals surface area contributed by atoms with Crippen LogP contribution in [0, 0.1) is 0 Å². The van der Waals surface area contributed by atoms with Crippen LogP contribution in [0.25, 0.3) is 0 Å². The predicted molar refractivity (Wildman–Crippen MR) is 38.7 cm³/mol. The molecule has 0 bridgehead atoms. The maximum Gasteiger partial charge on any atom is 0.322 e. The molecule has 0 unspecified atom stereocenters. The summed E-state index contributed by atoms with van der Waals surface area (Å²) in [4.78, 5) is 0. The van der Waals surface area contributed by atoms with E-state index in [1.54, 1.807) is 13.8 Å². The topological polar surface area (TPSA) is 43.4 Å². The van der Waals surface area contributed by atoms with E-state index in [1.165, 1.54) is 0 Å². The first-order valence-corrected chi connectivity index (χ1v) is 5.57. The summed E-state index contributed by atoms with van der Waals surface area (Å²) in [7, 11) is -2.46. The Morgan fingerprint density at radius 1 is 1.44 bits per heavy atom. The molecule has 0 atom stereocenters. The van der Waals surface area contributed by atoms with Crippen LogP contribution in [0.3, 0.4) is 0 Å². The second-order valence-electron chi connectivity index (χ2n) is 1.22. The molecular formula is C4H10O3S2. The van der Waals surface area contributed by atoms with Crippen LogP contribution < -0.4 is 0 Å². The van der Waals surface area contributed by atoms with Gasteiger partial charge in [-0.3, -0.25) is 4.18 Å². The van der Waals surface area contributed by atoms with E-state index in [9.17, 15) is 8.42 Å². The van der Waals surface area contributed by atoms with E-state index in [4.69, 9.17) is 0 Å². The minimum atomic E-state index is -3.27. The summed E-state index contributed by atoms with van der Waals surface area (Å²) < 4.78 is 25.5. The van der Waals surface area contributed by atoms with E-state index >= 15 is 0 Å². The van der Waals surface area contributed by atoms with Crippen molar-refractivity contribution in [1.82, 2.24) is 0 Å². The molecule has 0 aliphatic rings. The van der Waals surface area contributed by atoms with Crippen molar-refractivity contribution in [3.05, 3.63) is 0 Å². The van der Waals surface area contributed by atoms with Crippen LogP contribution in [0.1, 0.15) is 13.8 Å². The molecule has 56 valence electrons. The number of hydrogen-bond acceptors (Lipinski definition) is 4. The van der Waals surface area contributed by atoms with Crippen molar-refractivity contribution in [3.63, 3.8) is 0 Å². The first-order chi connectivity index (χ1) is 4.12. The Hall–Kier alpha value is 0.260. The minimum absolute atomic E-state index is 0.218. The van der Waals surface area contributed by atoms with E-state index < -0.39 is 9.15 Å². The third-order valence-corrected chi connectivity index (χ3v) is 3.43. The van der Waals surface area contributed by atoms with Crippen LogP contribution in [0.5, 0.6) is 0 Å². The van der Waals surface area contributed by atoms with Crippen molar-refractivity contribution < 1.29 is 12.6 Å². The van der Waals surface area contributed by atoms with Gasteiger partial charge in [0, 0.05) is 5.75 Å². The first kappa shape index (κ1) is 9.26. The van der Waals surface area contributed by atoms with E-state index in [1.807, 2.05) is 0 Å². The van der Waals surface area contributed by atoms with Crippen LogP contribution in [-0.2, 0) is 13.3 Å². The predicted octanol–water partition coefficient (Wildman–Crippen LogP) is 1.02. The molecule has 0 amide bonds. The molecular weight excluding hydrogens is 160 g/mol. The van der Waals surface area contributed by atoms with Crippen molar-refractivity contribution >= 4 is 19.9 Å². The summed E-state index contributed by atoms with van der Waals surface area (Å²) >= 11 is 0. The highest BCUT2D eigenvalue weighted by molar-refractivity contribution is 8.70. The van der Waals surface area contributed by atoms with Crippen molar-refractivity contribution in [2.75, 3.05) is 12.4 Å². The second kappa shape index (κ2) is 4.14. The highest BCUT2D eigenvalue weighted by Crippen LogP contribution is 2.12. The highest BCUT2D eigenvalue weighted by Gasteiger charge is 2.07. The molecule has 0 fully saturated rings. The molecule has 0 saturated heterocycles. The molecule has 0 aliphatic heterocycles. The van der Waals surface area contributed by atoms with Gasteiger partial charge in [-0.25, -0.2) is 0 Å². The molecule has 0 N–H and O–H groups in total. The average molecular weight is 170 g/mol. The molecule has 0 spiro atoms. The lowest BCUT2D eigenvalue weighted by Gasteiger charge is -1.97. The lowest BCUT2D eigenvalue weighted by Crippen LogP contribution is -1.99. The lowest BCUT2D eigenvalue weighted by atomic mass is 10.9. The van der Waals surface area contributed by atoms with Gasteiger partial charge in [0.25, 0.3) is 0 Å². The fourth-order valence-corrected chi connectivity index (χ4v) is 2.33. The Balaban J connectivity index is 3.73. The van der Waals surface area contributed by atoms with E-state index in [-0.39, 0.29) is 6.61 Å². The lowest BCUT2D eigenvalue weighted by molar-refractivity contribution is 0.350. The van der Waals surface area contributed by atoms with Gasteiger partial charge in [-0.1, -0.05) is 6.92 Å². The fourth-order valence-electron chi connectivity index (χ4n) is 0.323. The second-order valence-corrected chi connectivity index (χ2v) is 5.02. The summed E-state index contributed by atoms with van der Waals surface area (Å²) in [5.74, 6) is 0.530. The first-order valence-electron chi connectivity index (χ1n) is 2.66. The van der Waals surface area contributed by atoms with E-state index in [2.05, 4.69) is 4.18 Å². The zero-order valence-electron chi connectivity index (χ0n) is 5.46. The molecule has 3 nitrogen and oxygen atoms in total. The van der Waals surface area contributed by atoms with Gasteiger partial charge in [0.1, 0.15) is 0 Å². The SMILES string of the molecule is CCOS(=O)(=O)SCC. The van der Waals surface area contributed by atoms with Gasteiger partial charge in [-0.15, -0.1) is 0 Å². The summed E-state index contributed by atoms with van der Waals surface area (Å²) in [6.07, 6.45) is 0. The minimum Gasteiger partial charge on any atom is -0.262 e. The number of hydrogen-bond donors (Lipinski definition) is 0. The zero-order chi connectivity index (χ0) is 7.33. The van der Waals surface area contributed by atoms with Crippen molar-refractivity contribution in [2.45, 2.75) is 13.8 Å². The summed E-state index contributed by atoms with van der Waals surface area (Å²) in [6.45, 7) is 3.63. The van der Waals surface area contributed by atoms with Gasteiger partial charge >= 0.3 is 9.15 Å². The quantitative estimate of drug-likeness (QED) is 0.591. The van der Waals surface area contributed by atoms with Gasteiger partial charge in [-0.2, -0.15) is 8.42 Å². The Kier molecular flexibility index (Phi) is 4.26. The van der Waals surface area contributed by atoms with Gasteiger partial charge in [-0.05, 0) is 17.7 Å². The Labute approximate surface area is 59.3 Å². The standard InChI is InChI=1S/C4H10O3S2/c1-3-7-9(5,6)8-4-2/h3-4H2,1-2H3. The monoisotopic (exact) mass is 170 g/mol. The molecule has 0 heterocycles. The van der Waals surface area contributed by atoms with Crippen LogP contribution in [0.2, 0.25) is 0 Å². The Bertz CT molecular complexity index is 137. The van der Waals surface area contributed by atoms with Crippen LogP contribution in [0.4, 0.5) is 0 Å². The van der Waals surface area contributed by atoms with Gasteiger partial charge < -0.3 is 0 Å². The molecule has 0 radical (unpaired) electrons. The van der Waals surface area contributed by atoms with Gasteiger partial charge in [0.15, 0.2) is 0 Å². The molecule has 0 rings (SSSR count). The summed E-state index contributed by atoms with van der Waals surface area (Å²) in [5, 5.41) is 0. The van der Waals surface area contributed by atoms with Crippen LogP contribution in [-0.4, -0.2) is 20.8 Å². The molecule has 9 heavy (non-hydrogen) atoms. The molecule has 0 aromatic carbocycles. The maximum absolute atomic E-state index is 10.6. The van der Waals surface area contributed by atoms with E-state index in [0.29, 0.717) is 5.75 Å². The van der Waals surface area contributed by atoms with Crippen molar-refractivity contribution in [2.24, 2.45) is 0 Å². The van der Waals surface area contributed by atoms with Gasteiger partial charge in [0.05, 0.1) is 6.61 Å². The molecule has 5 heteroatoms. The smallest absolute Gasteiger partial charge is 0.262 e. The molecule has 0 saturated carbocycles. The van der Waals surface area contributed by atoms with Crippen LogP contribution in [0.15, 0.2) is 0 Å². The van der Waals surface area contributed by atoms with Crippen molar-refractivity contribution in [3.8, 4) is 0 Å². The molecule has 0 aromatic heterocycles. The zero-order valence-corrected chi connectivity index (χ0v) is 7.09. The summed E-state index contributed by atoms with van der Waals surface area (Å²) in [6, 6.07) is 0. The van der Waals surface area contributed by atoms with Gasteiger partial charge in [0.2, 0.25) is 0 Å². The molecule has 0 aromatic rings. The highest BCUT2D eigenvalue weighted by atomic mass is 33.1. The number of rotatable bonds is 4. The third-order valence-electron chi connectivity index (χ3n) is 0.524. The maximum atomic E-state index is 10.6. The van der Waals surface area contributed by atoms with E-state index in [0.717, 1.165) is 10.8 Å². The fraction of sp³-hybridized carbons (Fsp3) is 1.00. The Morgan fingerprint density at radius 2 is 2.00 bits per heavy atom.